The number of amides is 1. The van der Waals surface area contributed by atoms with Crippen molar-refractivity contribution in [2.45, 2.75) is 57.9 Å². The second kappa shape index (κ2) is 13.0. The van der Waals surface area contributed by atoms with E-state index in [0.29, 0.717) is 39.2 Å². The molecule has 2 aromatic carbocycles. The van der Waals surface area contributed by atoms with E-state index in [4.69, 9.17) is 19.9 Å². The molecule has 0 spiro atoms. The number of hydrogen-bond donors (Lipinski definition) is 2. The molecule has 3 rings (SSSR count). The Balaban J connectivity index is 1.30. The SMILES string of the molecule is CCOc1ccc(CCCCCCC(=O)NC(CN)Cc2ccc3c(c2)OCCO3)cc1. The van der Waals surface area contributed by atoms with Crippen LogP contribution in [0.1, 0.15) is 50.2 Å². The molecule has 2 aromatic rings. The number of nitrogens with one attached hydrogen (secondary N) is 1. The summed E-state index contributed by atoms with van der Waals surface area (Å²) in [5, 5.41) is 3.08. The summed E-state index contributed by atoms with van der Waals surface area (Å²) in [6.45, 7) is 4.23. The molecule has 32 heavy (non-hydrogen) atoms. The molecule has 1 atom stereocenters. The van der Waals surface area contributed by atoms with Gasteiger partial charge in [0.05, 0.1) is 6.61 Å². The van der Waals surface area contributed by atoms with Crippen LogP contribution in [-0.4, -0.2) is 38.3 Å². The molecule has 0 radical (unpaired) electrons. The Hall–Kier alpha value is -2.73. The van der Waals surface area contributed by atoms with E-state index in [1.54, 1.807) is 0 Å². The van der Waals surface area contributed by atoms with Crippen molar-refractivity contribution in [1.29, 1.82) is 0 Å². The monoisotopic (exact) mass is 440 g/mol. The second-order valence-corrected chi connectivity index (χ2v) is 8.17. The van der Waals surface area contributed by atoms with Gasteiger partial charge in [0, 0.05) is 19.0 Å². The third kappa shape index (κ3) is 7.75. The van der Waals surface area contributed by atoms with Crippen LogP contribution in [0.5, 0.6) is 17.2 Å². The highest BCUT2D eigenvalue weighted by molar-refractivity contribution is 5.76. The Labute approximate surface area is 191 Å². The standard InChI is InChI=1S/C26H36N2O4/c1-2-30-23-12-9-20(10-13-23)7-5-3-4-6-8-26(29)28-22(19-27)17-21-11-14-24-25(18-21)32-16-15-31-24/h9-14,18,22H,2-8,15-17,19,27H2,1H3,(H,28,29). The van der Waals surface area contributed by atoms with Crippen LogP contribution in [0.2, 0.25) is 0 Å². The molecule has 0 fully saturated rings. The zero-order valence-electron chi connectivity index (χ0n) is 19.1. The van der Waals surface area contributed by atoms with Gasteiger partial charge in [-0.2, -0.15) is 0 Å². The van der Waals surface area contributed by atoms with E-state index >= 15 is 0 Å². The first-order valence-electron chi connectivity index (χ1n) is 11.8. The van der Waals surface area contributed by atoms with Gasteiger partial charge in [0.2, 0.25) is 5.91 Å². The number of nitrogens with two attached hydrogens (primary N) is 1. The molecule has 0 saturated heterocycles. The number of carbonyl (C=O) groups excluding carboxylic acids is 1. The quantitative estimate of drug-likeness (QED) is 0.460. The zero-order valence-corrected chi connectivity index (χ0v) is 19.1. The van der Waals surface area contributed by atoms with Crippen molar-refractivity contribution < 1.29 is 19.0 Å². The first-order valence-corrected chi connectivity index (χ1v) is 11.8. The second-order valence-electron chi connectivity index (χ2n) is 8.17. The summed E-state index contributed by atoms with van der Waals surface area (Å²) in [6.07, 6.45) is 6.49. The van der Waals surface area contributed by atoms with Crippen molar-refractivity contribution in [3.8, 4) is 17.2 Å². The maximum absolute atomic E-state index is 12.4. The molecule has 1 aliphatic rings. The predicted molar refractivity (Wildman–Crippen MR) is 127 cm³/mol. The van der Waals surface area contributed by atoms with Crippen LogP contribution in [-0.2, 0) is 17.6 Å². The number of fused-ring (bicyclic) bond motifs is 1. The van der Waals surface area contributed by atoms with Crippen LogP contribution >= 0.6 is 0 Å². The van der Waals surface area contributed by atoms with Crippen molar-refractivity contribution in [2.24, 2.45) is 5.73 Å². The highest BCUT2D eigenvalue weighted by Crippen LogP contribution is 2.31. The molecule has 1 amide bonds. The van der Waals surface area contributed by atoms with Gasteiger partial charge < -0.3 is 25.3 Å². The van der Waals surface area contributed by atoms with Crippen molar-refractivity contribution in [3.05, 3.63) is 53.6 Å². The lowest BCUT2D eigenvalue weighted by atomic mass is 10.0. The van der Waals surface area contributed by atoms with Crippen molar-refractivity contribution >= 4 is 5.91 Å². The fourth-order valence-corrected chi connectivity index (χ4v) is 3.88. The third-order valence-corrected chi connectivity index (χ3v) is 5.59. The Morgan fingerprint density at radius 1 is 1.00 bits per heavy atom. The van der Waals surface area contributed by atoms with Gasteiger partial charge >= 0.3 is 0 Å². The van der Waals surface area contributed by atoms with E-state index in [2.05, 4.69) is 17.4 Å². The summed E-state index contributed by atoms with van der Waals surface area (Å²) in [6, 6.07) is 14.2. The molecule has 174 valence electrons. The lowest BCUT2D eigenvalue weighted by molar-refractivity contribution is -0.121. The van der Waals surface area contributed by atoms with E-state index in [1.807, 2.05) is 37.3 Å². The summed E-state index contributed by atoms with van der Waals surface area (Å²) >= 11 is 0. The van der Waals surface area contributed by atoms with E-state index in [9.17, 15) is 4.79 Å². The number of unbranched alkanes of at least 4 members (excludes halogenated alkanes) is 3. The van der Waals surface area contributed by atoms with Gasteiger partial charge in [0.25, 0.3) is 0 Å². The van der Waals surface area contributed by atoms with Crippen molar-refractivity contribution in [2.75, 3.05) is 26.4 Å². The molecule has 0 aliphatic carbocycles. The highest BCUT2D eigenvalue weighted by Gasteiger charge is 2.15. The van der Waals surface area contributed by atoms with Gasteiger partial charge in [0.1, 0.15) is 19.0 Å². The van der Waals surface area contributed by atoms with Crippen LogP contribution < -0.4 is 25.3 Å². The van der Waals surface area contributed by atoms with Crippen molar-refractivity contribution in [1.82, 2.24) is 5.32 Å². The summed E-state index contributed by atoms with van der Waals surface area (Å²) in [4.78, 5) is 12.4. The molecular weight excluding hydrogens is 404 g/mol. The number of carbonyl (C=O) groups is 1. The van der Waals surface area contributed by atoms with E-state index < -0.39 is 0 Å². The minimum absolute atomic E-state index is 0.0736. The number of hydrogen-bond acceptors (Lipinski definition) is 5. The smallest absolute Gasteiger partial charge is 0.220 e. The van der Waals surface area contributed by atoms with Gasteiger partial charge in [-0.3, -0.25) is 4.79 Å². The molecule has 1 unspecified atom stereocenters. The molecule has 0 saturated carbocycles. The number of aryl methyl sites for hydroxylation is 1. The summed E-state index contributed by atoms with van der Waals surface area (Å²) in [5.41, 5.74) is 8.32. The minimum Gasteiger partial charge on any atom is -0.494 e. The summed E-state index contributed by atoms with van der Waals surface area (Å²) < 4.78 is 16.7. The molecular formula is C26H36N2O4. The minimum atomic E-state index is -0.0790. The normalized spacial score (nSPS) is 13.4. The number of ether oxygens (including phenoxy) is 3. The van der Waals surface area contributed by atoms with Crippen LogP contribution in [0.15, 0.2) is 42.5 Å². The third-order valence-electron chi connectivity index (χ3n) is 5.59. The van der Waals surface area contributed by atoms with Gasteiger partial charge in [-0.15, -0.1) is 0 Å². The summed E-state index contributed by atoms with van der Waals surface area (Å²) in [7, 11) is 0. The van der Waals surface area contributed by atoms with E-state index in [1.165, 1.54) is 5.56 Å². The average Bonchev–Trinajstić information content (AvgIpc) is 2.82. The fourth-order valence-electron chi connectivity index (χ4n) is 3.88. The Bertz CT molecular complexity index is 838. The van der Waals surface area contributed by atoms with Gasteiger partial charge in [-0.1, -0.05) is 31.0 Å². The highest BCUT2D eigenvalue weighted by atomic mass is 16.6. The maximum atomic E-state index is 12.4. The Kier molecular flexibility index (Phi) is 9.69. The zero-order chi connectivity index (χ0) is 22.6. The van der Waals surface area contributed by atoms with Crippen LogP contribution in [0.4, 0.5) is 0 Å². The lowest BCUT2D eigenvalue weighted by Gasteiger charge is -2.21. The fraction of sp³-hybridized carbons (Fsp3) is 0.500. The summed E-state index contributed by atoms with van der Waals surface area (Å²) in [5.74, 6) is 2.54. The predicted octanol–water partition coefficient (Wildman–Crippen LogP) is 4.04. The molecule has 3 N–H and O–H groups in total. The molecule has 6 nitrogen and oxygen atoms in total. The maximum Gasteiger partial charge on any atom is 0.220 e. The van der Waals surface area contributed by atoms with Crippen LogP contribution in [0.25, 0.3) is 0 Å². The molecule has 6 heteroatoms. The number of rotatable bonds is 13. The molecule has 1 aliphatic heterocycles. The van der Waals surface area contributed by atoms with Gasteiger partial charge in [-0.05, 0) is 68.0 Å². The topological polar surface area (TPSA) is 82.8 Å². The Morgan fingerprint density at radius 3 is 2.47 bits per heavy atom. The first-order chi connectivity index (χ1) is 15.7. The van der Waals surface area contributed by atoms with Gasteiger partial charge in [-0.25, -0.2) is 0 Å². The van der Waals surface area contributed by atoms with Crippen LogP contribution in [0, 0.1) is 0 Å². The molecule has 1 heterocycles. The first kappa shape index (κ1) is 23.9. The average molecular weight is 441 g/mol. The lowest BCUT2D eigenvalue weighted by Crippen LogP contribution is -2.41. The van der Waals surface area contributed by atoms with Gasteiger partial charge in [0.15, 0.2) is 11.5 Å². The number of benzene rings is 2. The van der Waals surface area contributed by atoms with E-state index in [-0.39, 0.29) is 11.9 Å². The largest absolute Gasteiger partial charge is 0.494 e. The van der Waals surface area contributed by atoms with E-state index in [0.717, 1.165) is 54.9 Å². The molecule has 0 bridgehead atoms. The van der Waals surface area contributed by atoms with Crippen LogP contribution in [0.3, 0.4) is 0 Å². The molecule has 0 aromatic heterocycles. The van der Waals surface area contributed by atoms with Crippen molar-refractivity contribution in [3.63, 3.8) is 0 Å². The Morgan fingerprint density at radius 2 is 1.72 bits per heavy atom.